The second kappa shape index (κ2) is 3.98. The Morgan fingerprint density at radius 3 is 2.64 bits per heavy atom. The average molecular weight is 218 g/mol. The van der Waals surface area contributed by atoms with Crippen molar-refractivity contribution in [3.05, 3.63) is 23.8 Å². The van der Waals surface area contributed by atoms with Crippen LogP contribution in [0.4, 0.5) is 5.69 Å². The molecule has 0 aliphatic heterocycles. The van der Waals surface area contributed by atoms with Gasteiger partial charge < -0.3 is 20.2 Å². The van der Waals surface area contributed by atoms with Gasteiger partial charge in [-0.2, -0.15) is 0 Å². The van der Waals surface area contributed by atoms with E-state index < -0.39 is 7.67 Å². The predicted octanol–water partition coefficient (Wildman–Crippen LogP) is 0.355. The summed E-state index contributed by atoms with van der Waals surface area (Å²) in [5, 5.41) is 20.1. The van der Waals surface area contributed by atoms with Gasteiger partial charge in [0, 0.05) is 11.3 Å². The van der Waals surface area contributed by atoms with Crippen LogP contribution in [0.25, 0.3) is 0 Å². The first-order chi connectivity index (χ1) is 6.42. The summed E-state index contributed by atoms with van der Waals surface area (Å²) in [5.74, 6) is -0.0376. The lowest BCUT2D eigenvalue weighted by molar-refractivity contribution is 0.282. The molecule has 7 heteroatoms. The van der Waals surface area contributed by atoms with Crippen LogP contribution in [0.5, 0.6) is 5.75 Å². The zero-order valence-corrected chi connectivity index (χ0v) is 8.11. The molecule has 0 aliphatic rings. The van der Waals surface area contributed by atoms with E-state index in [1.807, 2.05) is 0 Å². The summed E-state index contributed by atoms with van der Waals surface area (Å²) in [7, 11) is -3.89. The highest BCUT2D eigenvalue weighted by molar-refractivity contribution is 7.57. The number of aliphatic hydroxyl groups is 1. The Labute approximate surface area is 80.6 Å². The highest BCUT2D eigenvalue weighted by Crippen LogP contribution is 2.34. The quantitative estimate of drug-likeness (QED) is 0.369. The zero-order chi connectivity index (χ0) is 10.8. The van der Waals surface area contributed by atoms with Gasteiger partial charge in [-0.3, -0.25) is 0 Å². The SMILES string of the molecule is NP(=O)(O)Nc1ccc(O)cc1CO. The molecule has 1 unspecified atom stereocenters. The van der Waals surface area contributed by atoms with Crippen molar-refractivity contribution in [2.45, 2.75) is 6.61 Å². The molecule has 0 saturated carbocycles. The minimum Gasteiger partial charge on any atom is -0.508 e. The Hall–Kier alpha value is -1.07. The number of benzene rings is 1. The lowest BCUT2D eigenvalue weighted by Gasteiger charge is -2.12. The van der Waals surface area contributed by atoms with Gasteiger partial charge in [0.05, 0.1) is 6.61 Å². The van der Waals surface area contributed by atoms with Gasteiger partial charge in [-0.05, 0) is 18.2 Å². The van der Waals surface area contributed by atoms with Crippen molar-refractivity contribution in [3.63, 3.8) is 0 Å². The van der Waals surface area contributed by atoms with E-state index in [-0.39, 0.29) is 18.0 Å². The highest BCUT2D eigenvalue weighted by Gasteiger charge is 2.12. The molecule has 0 saturated heterocycles. The molecule has 1 aromatic rings. The summed E-state index contributed by atoms with van der Waals surface area (Å²) in [5.41, 5.74) is 5.40. The summed E-state index contributed by atoms with van der Waals surface area (Å²) >= 11 is 0. The number of nitrogens with two attached hydrogens (primary N) is 1. The van der Waals surface area contributed by atoms with Gasteiger partial charge in [0.2, 0.25) is 0 Å². The monoisotopic (exact) mass is 218 g/mol. The minimum absolute atomic E-state index is 0.0376. The number of rotatable bonds is 3. The summed E-state index contributed by atoms with van der Waals surface area (Å²) < 4.78 is 10.8. The average Bonchev–Trinajstić information content (AvgIpc) is 2.06. The standard InChI is InChI=1S/C7H11N2O4P/c8-14(12,13)9-7-2-1-6(11)3-5(7)4-10/h1-3,10-11H,4H2,(H4,8,9,12,13). The number of hydrogen-bond acceptors (Lipinski definition) is 3. The summed E-state index contributed by atoms with van der Waals surface area (Å²) in [6.07, 6.45) is 0. The van der Waals surface area contributed by atoms with E-state index in [1.165, 1.54) is 18.2 Å². The molecular formula is C7H11N2O4P. The maximum absolute atomic E-state index is 10.8. The Morgan fingerprint density at radius 1 is 1.50 bits per heavy atom. The van der Waals surface area contributed by atoms with Crippen molar-refractivity contribution in [1.29, 1.82) is 0 Å². The number of aliphatic hydroxyl groups excluding tert-OH is 1. The van der Waals surface area contributed by atoms with Crippen molar-refractivity contribution in [2.24, 2.45) is 5.50 Å². The van der Waals surface area contributed by atoms with Crippen LogP contribution in [0.1, 0.15) is 5.56 Å². The topological polar surface area (TPSA) is 116 Å². The van der Waals surface area contributed by atoms with Crippen LogP contribution in [-0.4, -0.2) is 15.1 Å². The highest BCUT2D eigenvalue weighted by atomic mass is 31.2. The lowest BCUT2D eigenvalue weighted by atomic mass is 10.2. The van der Waals surface area contributed by atoms with Crippen LogP contribution < -0.4 is 10.6 Å². The molecular weight excluding hydrogens is 207 g/mol. The van der Waals surface area contributed by atoms with Gasteiger partial charge >= 0.3 is 7.67 Å². The Bertz CT molecular complexity index is 376. The van der Waals surface area contributed by atoms with Crippen molar-refractivity contribution < 1.29 is 19.7 Å². The molecule has 1 aromatic carbocycles. The number of anilines is 1. The number of nitrogens with one attached hydrogen (secondary N) is 1. The van der Waals surface area contributed by atoms with Gasteiger partial charge in [-0.15, -0.1) is 0 Å². The molecule has 1 atom stereocenters. The normalized spacial score (nSPS) is 14.8. The fourth-order valence-corrected chi connectivity index (χ4v) is 1.56. The van der Waals surface area contributed by atoms with E-state index in [4.69, 9.17) is 20.6 Å². The molecule has 0 amide bonds. The third-order valence-corrected chi connectivity index (χ3v) is 2.10. The van der Waals surface area contributed by atoms with E-state index in [0.717, 1.165) is 0 Å². The Balaban J connectivity index is 3.03. The number of phenolic OH excluding ortho intramolecular Hbond substituents is 1. The number of aromatic hydroxyl groups is 1. The maximum Gasteiger partial charge on any atom is 0.360 e. The molecule has 6 N–H and O–H groups in total. The first-order valence-corrected chi connectivity index (χ1v) is 5.47. The number of phenols is 1. The van der Waals surface area contributed by atoms with Gasteiger partial charge in [0.15, 0.2) is 0 Å². The first-order valence-electron chi connectivity index (χ1n) is 3.75. The molecule has 1 rings (SSSR count). The Kier molecular flexibility index (Phi) is 3.13. The summed E-state index contributed by atoms with van der Waals surface area (Å²) in [6.45, 7) is -0.364. The molecule has 0 fully saturated rings. The van der Waals surface area contributed by atoms with Crippen molar-refractivity contribution in [3.8, 4) is 5.75 Å². The third-order valence-electron chi connectivity index (χ3n) is 1.54. The predicted molar refractivity (Wildman–Crippen MR) is 51.7 cm³/mol. The van der Waals surface area contributed by atoms with Gasteiger partial charge in [-0.1, -0.05) is 0 Å². The molecule has 0 heterocycles. The fraction of sp³-hybridized carbons (Fsp3) is 0.143. The first kappa shape index (κ1) is 11.0. The molecule has 0 radical (unpaired) electrons. The molecule has 14 heavy (non-hydrogen) atoms. The fourth-order valence-electron chi connectivity index (χ4n) is 0.993. The molecule has 0 bridgehead atoms. The molecule has 0 spiro atoms. The summed E-state index contributed by atoms with van der Waals surface area (Å²) in [4.78, 5) is 8.84. The van der Waals surface area contributed by atoms with Crippen LogP contribution >= 0.6 is 7.67 Å². The van der Waals surface area contributed by atoms with E-state index >= 15 is 0 Å². The third kappa shape index (κ3) is 3.01. The minimum atomic E-state index is -3.89. The second-order valence-corrected chi connectivity index (χ2v) is 4.20. The van der Waals surface area contributed by atoms with Crippen LogP contribution in [0.15, 0.2) is 18.2 Å². The summed E-state index contributed by atoms with van der Waals surface area (Å²) in [6, 6.07) is 3.95. The van der Waals surface area contributed by atoms with Crippen molar-refractivity contribution in [2.75, 3.05) is 5.09 Å². The Morgan fingerprint density at radius 2 is 2.14 bits per heavy atom. The largest absolute Gasteiger partial charge is 0.508 e. The van der Waals surface area contributed by atoms with Crippen LogP contribution in [0.3, 0.4) is 0 Å². The smallest absolute Gasteiger partial charge is 0.360 e. The molecule has 0 aromatic heterocycles. The van der Waals surface area contributed by atoms with Crippen molar-refractivity contribution >= 4 is 13.4 Å². The zero-order valence-electron chi connectivity index (χ0n) is 7.21. The van der Waals surface area contributed by atoms with Gasteiger partial charge in [0.25, 0.3) is 0 Å². The molecule has 78 valence electrons. The van der Waals surface area contributed by atoms with Gasteiger partial charge in [-0.25, -0.2) is 10.1 Å². The van der Waals surface area contributed by atoms with E-state index in [2.05, 4.69) is 5.09 Å². The van der Waals surface area contributed by atoms with Crippen LogP contribution in [0, 0.1) is 0 Å². The molecule has 6 nitrogen and oxygen atoms in total. The second-order valence-electron chi connectivity index (χ2n) is 2.73. The number of hydrogen-bond donors (Lipinski definition) is 5. The van der Waals surface area contributed by atoms with Crippen LogP contribution in [0.2, 0.25) is 0 Å². The van der Waals surface area contributed by atoms with Crippen molar-refractivity contribution in [1.82, 2.24) is 0 Å². The van der Waals surface area contributed by atoms with Crippen LogP contribution in [-0.2, 0) is 11.2 Å². The van der Waals surface area contributed by atoms with E-state index in [1.54, 1.807) is 0 Å². The molecule has 0 aliphatic carbocycles. The van der Waals surface area contributed by atoms with E-state index in [9.17, 15) is 4.57 Å². The lowest BCUT2D eigenvalue weighted by Crippen LogP contribution is -2.06. The van der Waals surface area contributed by atoms with Gasteiger partial charge in [0.1, 0.15) is 5.75 Å². The maximum atomic E-state index is 10.8. The van der Waals surface area contributed by atoms with E-state index in [0.29, 0.717) is 5.56 Å².